The van der Waals surface area contributed by atoms with Gasteiger partial charge in [-0.15, -0.1) is 0 Å². The number of allylic oxidation sites excluding steroid dienone is 1. The van der Waals surface area contributed by atoms with Gasteiger partial charge in [0.25, 0.3) is 0 Å². The second-order valence-electron chi connectivity index (χ2n) is 4.09. The highest BCUT2D eigenvalue weighted by Gasteiger charge is 2.36. The average Bonchev–Trinajstić information content (AvgIpc) is 2.38. The molecule has 0 saturated carbocycles. The summed E-state index contributed by atoms with van der Waals surface area (Å²) in [4.78, 5) is 23.2. The van der Waals surface area contributed by atoms with Crippen LogP contribution in [0.3, 0.4) is 0 Å². The van der Waals surface area contributed by atoms with E-state index in [2.05, 4.69) is 0 Å². The molecular weight excluding hydrogens is 248 g/mol. The van der Waals surface area contributed by atoms with Crippen molar-refractivity contribution in [3.8, 4) is 5.75 Å². The Labute approximate surface area is 110 Å². The van der Waals surface area contributed by atoms with Crippen LogP contribution in [-0.2, 0) is 14.3 Å². The van der Waals surface area contributed by atoms with Crippen LogP contribution in [0, 0.1) is 0 Å². The molecular formula is C14H14O5. The molecule has 0 bridgehead atoms. The topological polar surface area (TPSA) is 72.8 Å². The number of esters is 1. The SMILES string of the molecule is CCOC(=O)C1=C(C)c2ccccc2O[C@@H]1C(=O)O. The minimum absolute atomic E-state index is 0.0491. The number of para-hydroxylation sites is 1. The van der Waals surface area contributed by atoms with Crippen molar-refractivity contribution >= 4 is 17.5 Å². The van der Waals surface area contributed by atoms with Gasteiger partial charge in [-0.2, -0.15) is 0 Å². The van der Waals surface area contributed by atoms with E-state index >= 15 is 0 Å². The molecule has 0 unspecified atom stereocenters. The predicted molar refractivity (Wildman–Crippen MR) is 67.7 cm³/mol. The van der Waals surface area contributed by atoms with Crippen molar-refractivity contribution in [1.29, 1.82) is 0 Å². The summed E-state index contributed by atoms with van der Waals surface area (Å²) < 4.78 is 10.3. The standard InChI is InChI=1S/C14H14O5/c1-3-18-14(17)11-8(2)9-6-4-5-7-10(9)19-12(11)13(15)16/h4-7,12H,3H2,1-2H3,(H,15,16)/t12-/m0/s1. The highest BCUT2D eigenvalue weighted by Crippen LogP contribution is 2.36. The Kier molecular flexibility index (Phi) is 3.55. The highest BCUT2D eigenvalue weighted by molar-refractivity contribution is 6.05. The molecule has 0 radical (unpaired) electrons. The third kappa shape index (κ3) is 2.31. The Morgan fingerprint density at radius 2 is 2.05 bits per heavy atom. The van der Waals surface area contributed by atoms with E-state index in [9.17, 15) is 14.7 Å². The van der Waals surface area contributed by atoms with E-state index in [0.717, 1.165) is 0 Å². The smallest absolute Gasteiger partial charge is 0.349 e. The molecule has 1 N–H and O–H groups in total. The number of hydrogen-bond donors (Lipinski definition) is 1. The zero-order valence-corrected chi connectivity index (χ0v) is 10.7. The maximum absolute atomic E-state index is 11.9. The molecule has 0 aromatic heterocycles. The van der Waals surface area contributed by atoms with Crippen molar-refractivity contribution in [2.45, 2.75) is 20.0 Å². The van der Waals surface area contributed by atoms with Crippen molar-refractivity contribution in [2.24, 2.45) is 0 Å². The van der Waals surface area contributed by atoms with Crippen LogP contribution in [-0.4, -0.2) is 29.8 Å². The first-order chi connectivity index (χ1) is 9.06. The summed E-state index contributed by atoms with van der Waals surface area (Å²) in [6, 6.07) is 7.01. The fourth-order valence-electron chi connectivity index (χ4n) is 2.05. The lowest BCUT2D eigenvalue weighted by atomic mass is 9.94. The zero-order valence-electron chi connectivity index (χ0n) is 10.7. The predicted octanol–water partition coefficient (Wildman–Crippen LogP) is 1.87. The van der Waals surface area contributed by atoms with Crippen molar-refractivity contribution in [3.05, 3.63) is 35.4 Å². The third-order valence-electron chi connectivity index (χ3n) is 2.92. The molecule has 100 valence electrons. The molecule has 0 spiro atoms. The number of benzene rings is 1. The van der Waals surface area contributed by atoms with E-state index in [4.69, 9.17) is 9.47 Å². The number of carboxylic acid groups (broad SMARTS) is 1. The van der Waals surface area contributed by atoms with Crippen LogP contribution in [0.1, 0.15) is 19.4 Å². The van der Waals surface area contributed by atoms with Gasteiger partial charge >= 0.3 is 11.9 Å². The Bertz CT molecular complexity index is 559. The van der Waals surface area contributed by atoms with Gasteiger partial charge in [0.1, 0.15) is 5.75 Å². The van der Waals surface area contributed by atoms with E-state index in [0.29, 0.717) is 16.9 Å². The molecule has 1 heterocycles. The summed E-state index contributed by atoms with van der Waals surface area (Å²) in [5.74, 6) is -1.40. The fraction of sp³-hybridized carbons (Fsp3) is 0.286. The van der Waals surface area contributed by atoms with Crippen molar-refractivity contribution in [3.63, 3.8) is 0 Å². The van der Waals surface area contributed by atoms with Gasteiger partial charge in [-0.25, -0.2) is 9.59 Å². The van der Waals surface area contributed by atoms with Gasteiger partial charge < -0.3 is 14.6 Å². The van der Waals surface area contributed by atoms with Gasteiger partial charge in [0.15, 0.2) is 0 Å². The van der Waals surface area contributed by atoms with E-state index in [-0.39, 0.29) is 12.2 Å². The van der Waals surface area contributed by atoms with Crippen molar-refractivity contribution < 1.29 is 24.2 Å². The van der Waals surface area contributed by atoms with Crippen LogP contribution in [0.25, 0.3) is 5.57 Å². The lowest BCUT2D eigenvalue weighted by molar-refractivity contribution is -0.148. The first-order valence-corrected chi connectivity index (χ1v) is 5.93. The molecule has 1 aromatic rings. The van der Waals surface area contributed by atoms with Crippen molar-refractivity contribution in [1.82, 2.24) is 0 Å². The van der Waals surface area contributed by atoms with Gasteiger partial charge in [0, 0.05) is 5.56 Å². The summed E-state index contributed by atoms with van der Waals surface area (Å²) >= 11 is 0. The van der Waals surface area contributed by atoms with E-state index < -0.39 is 18.0 Å². The van der Waals surface area contributed by atoms with Crippen LogP contribution >= 0.6 is 0 Å². The lowest BCUT2D eigenvalue weighted by Crippen LogP contribution is -2.36. The number of rotatable bonds is 3. The Hall–Kier alpha value is -2.30. The van der Waals surface area contributed by atoms with Crippen LogP contribution in [0.15, 0.2) is 29.8 Å². The molecule has 5 nitrogen and oxygen atoms in total. The summed E-state index contributed by atoms with van der Waals surface area (Å²) in [7, 11) is 0. The number of aliphatic carboxylic acids is 1. The number of hydrogen-bond acceptors (Lipinski definition) is 4. The maximum atomic E-state index is 11.9. The molecule has 1 aliphatic heterocycles. The van der Waals surface area contributed by atoms with Crippen LogP contribution < -0.4 is 4.74 Å². The molecule has 2 rings (SSSR count). The van der Waals surface area contributed by atoms with Crippen molar-refractivity contribution in [2.75, 3.05) is 6.61 Å². The normalized spacial score (nSPS) is 17.5. The molecule has 1 atom stereocenters. The second-order valence-corrected chi connectivity index (χ2v) is 4.09. The monoisotopic (exact) mass is 262 g/mol. The first kappa shape index (κ1) is 13.1. The first-order valence-electron chi connectivity index (χ1n) is 5.93. The van der Waals surface area contributed by atoms with E-state index in [1.54, 1.807) is 38.1 Å². The number of fused-ring (bicyclic) bond motifs is 1. The molecule has 5 heteroatoms. The van der Waals surface area contributed by atoms with Gasteiger partial charge in [0.2, 0.25) is 6.10 Å². The molecule has 1 aromatic carbocycles. The quantitative estimate of drug-likeness (QED) is 0.842. The molecule has 0 aliphatic carbocycles. The van der Waals surface area contributed by atoms with Gasteiger partial charge in [-0.1, -0.05) is 18.2 Å². The highest BCUT2D eigenvalue weighted by atomic mass is 16.5. The number of carboxylic acids is 1. The number of carbonyl (C=O) groups excluding carboxylic acids is 1. The summed E-state index contributed by atoms with van der Waals surface area (Å²) in [6.07, 6.45) is -1.33. The minimum Gasteiger partial charge on any atom is -0.478 e. The number of carbonyl (C=O) groups is 2. The van der Waals surface area contributed by atoms with E-state index in [1.807, 2.05) is 0 Å². The maximum Gasteiger partial charge on any atom is 0.349 e. The van der Waals surface area contributed by atoms with Gasteiger partial charge in [-0.05, 0) is 25.5 Å². The van der Waals surface area contributed by atoms with E-state index in [1.165, 1.54) is 0 Å². The molecule has 0 amide bonds. The van der Waals surface area contributed by atoms with Gasteiger partial charge in [-0.3, -0.25) is 0 Å². The second kappa shape index (κ2) is 5.14. The average molecular weight is 262 g/mol. The Balaban J connectivity index is 2.55. The summed E-state index contributed by atoms with van der Waals surface area (Å²) in [5.41, 5.74) is 1.34. The largest absolute Gasteiger partial charge is 0.478 e. The summed E-state index contributed by atoms with van der Waals surface area (Å²) in [5, 5.41) is 9.20. The zero-order chi connectivity index (χ0) is 14.0. The van der Waals surface area contributed by atoms with Crippen LogP contribution in [0.2, 0.25) is 0 Å². The Morgan fingerprint density at radius 1 is 1.37 bits per heavy atom. The van der Waals surface area contributed by atoms with Crippen LogP contribution in [0.5, 0.6) is 5.75 Å². The third-order valence-corrected chi connectivity index (χ3v) is 2.92. The lowest BCUT2D eigenvalue weighted by Gasteiger charge is -2.26. The van der Waals surface area contributed by atoms with Crippen LogP contribution in [0.4, 0.5) is 0 Å². The minimum atomic E-state index is -1.33. The Morgan fingerprint density at radius 3 is 2.68 bits per heavy atom. The molecule has 19 heavy (non-hydrogen) atoms. The summed E-state index contributed by atoms with van der Waals surface area (Å²) in [6.45, 7) is 3.55. The fourth-order valence-corrected chi connectivity index (χ4v) is 2.05. The molecule has 1 aliphatic rings. The number of ether oxygens (including phenoxy) is 2. The van der Waals surface area contributed by atoms with Gasteiger partial charge in [0.05, 0.1) is 12.2 Å². The molecule has 0 fully saturated rings. The molecule has 0 saturated heterocycles.